The predicted molar refractivity (Wildman–Crippen MR) is 106 cm³/mol. The van der Waals surface area contributed by atoms with Crippen molar-refractivity contribution in [2.45, 2.75) is 11.6 Å². The number of fused-ring (bicyclic) bond motifs is 1. The van der Waals surface area contributed by atoms with Crippen LogP contribution in [0, 0.1) is 0 Å². The molecule has 30 heavy (non-hydrogen) atoms. The Hall–Kier alpha value is -2.85. The zero-order valence-corrected chi connectivity index (χ0v) is 16.6. The fraction of sp³-hybridized carbons (Fsp3) is 0.158. The van der Waals surface area contributed by atoms with Crippen LogP contribution in [-0.4, -0.2) is 32.5 Å². The summed E-state index contributed by atoms with van der Waals surface area (Å²) in [7, 11) is 0. The van der Waals surface area contributed by atoms with Crippen LogP contribution < -0.4 is 5.43 Å². The minimum atomic E-state index is -4.88. The van der Waals surface area contributed by atoms with E-state index in [4.69, 9.17) is 11.6 Å². The van der Waals surface area contributed by atoms with Gasteiger partial charge in [0.25, 0.3) is 11.8 Å². The van der Waals surface area contributed by atoms with Crippen molar-refractivity contribution >= 4 is 46.2 Å². The molecule has 0 spiro atoms. The molecule has 1 aromatic carbocycles. The zero-order valence-electron chi connectivity index (χ0n) is 15.0. The molecule has 1 fully saturated rings. The molecule has 6 nitrogen and oxygen atoms in total. The SMILES string of the molecule is O=C(NN1C(=O)CSC1c1ccc(Cl)cc1)c1cc2cccnc2nc1C(F)(F)F. The summed E-state index contributed by atoms with van der Waals surface area (Å²) in [5.74, 6) is -1.45. The lowest BCUT2D eigenvalue weighted by Gasteiger charge is -2.25. The third-order valence-electron chi connectivity index (χ3n) is 4.35. The summed E-state index contributed by atoms with van der Waals surface area (Å²) >= 11 is 7.12. The average molecular weight is 453 g/mol. The highest BCUT2D eigenvalue weighted by molar-refractivity contribution is 8.00. The second kappa shape index (κ2) is 7.77. The van der Waals surface area contributed by atoms with Gasteiger partial charge < -0.3 is 0 Å². The maximum Gasteiger partial charge on any atom is 0.434 e. The Balaban J connectivity index is 1.69. The van der Waals surface area contributed by atoms with Crippen molar-refractivity contribution in [1.29, 1.82) is 0 Å². The van der Waals surface area contributed by atoms with Gasteiger partial charge in [0, 0.05) is 16.6 Å². The van der Waals surface area contributed by atoms with Crippen molar-refractivity contribution in [1.82, 2.24) is 20.4 Å². The zero-order chi connectivity index (χ0) is 21.5. The largest absolute Gasteiger partial charge is 0.434 e. The minimum absolute atomic E-state index is 0.0690. The first kappa shape index (κ1) is 20.4. The van der Waals surface area contributed by atoms with Crippen LogP contribution in [0.1, 0.15) is 27.0 Å². The molecule has 0 aliphatic carbocycles. The molecular formula is C19H12ClF3N4O2S. The fourth-order valence-electron chi connectivity index (χ4n) is 2.98. The number of hydrazine groups is 1. The molecule has 2 aromatic heterocycles. The lowest BCUT2D eigenvalue weighted by atomic mass is 10.1. The number of aromatic nitrogens is 2. The summed E-state index contributed by atoms with van der Waals surface area (Å²) in [6.45, 7) is 0. The molecule has 1 atom stereocenters. The number of alkyl halides is 3. The van der Waals surface area contributed by atoms with E-state index in [0.717, 1.165) is 11.1 Å². The number of halogens is 4. The standard InChI is InChI=1S/C19H12ClF3N4O2S/c20-12-5-3-10(4-6-12)18-27(14(28)9-30-18)26-17(29)13-8-11-2-1-7-24-16(11)25-15(13)19(21,22)23/h1-8,18H,9H2,(H,26,29). The van der Waals surface area contributed by atoms with E-state index in [1.54, 1.807) is 24.3 Å². The van der Waals surface area contributed by atoms with Gasteiger partial charge in [-0.2, -0.15) is 13.2 Å². The van der Waals surface area contributed by atoms with Crippen molar-refractivity contribution in [2.75, 3.05) is 5.75 Å². The maximum absolute atomic E-state index is 13.5. The molecule has 1 aliphatic heterocycles. The molecule has 0 saturated carbocycles. The first-order valence-corrected chi connectivity index (χ1v) is 10.00. The third kappa shape index (κ3) is 3.92. The van der Waals surface area contributed by atoms with Crippen molar-refractivity contribution in [2.24, 2.45) is 0 Å². The van der Waals surface area contributed by atoms with Crippen LogP contribution in [0.15, 0.2) is 48.7 Å². The molecule has 0 bridgehead atoms. The highest BCUT2D eigenvalue weighted by Gasteiger charge is 2.40. The van der Waals surface area contributed by atoms with Gasteiger partial charge in [0.05, 0.1) is 11.3 Å². The Bertz CT molecular complexity index is 1140. The van der Waals surface area contributed by atoms with E-state index in [9.17, 15) is 22.8 Å². The summed E-state index contributed by atoms with van der Waals surface area (Å²) in [6, 6.07) is 10.7. The summed E-state index contributed by atoms with van der Waals surface area (Å²) < 4.78 is 40.6. The number of pyridine rings is 2. The highest BCUT2D eigenvalue weighted by atomic mass is 35.5. The van der Waals surface area contributed by atoms with Gasteiger partial charge >= 0.3 is 6.18 Å². The van der Waals surface area contributed by atoms with Crippen LogP contribution in [0.4, 0.5) is 13.2 Å². The molecule has 3 heterocycles. The Morgan fingerprint density at radius 3 is 2.67 bits per heavy atom. The molecule has 0 radical (unpaired) electrons. The van der Waals surface area contributed by atoms with E-state index < -0.39 is 34.6 Å². The molecule has 1 saturated heterocycles. The third-order valence-corrected chi connectivity index (χ3v) is 5.81. The van der Waals surface area contributed by atoms with Gasteiger partial charge in [-0.15, -0.1) is 11.8 Å². The number of hydrogen-bond acceptors (Lipinski definition) is 5. The number of carbonyl (C=O) groups is 2. The number of carbonyl (C=O) groups excluding carboxylic acids is 2. The number of nitrogens with one attached hydrogen (secondary N) is 1. The van der Waals surface area contributed by atoms with Crippen molar-refractivity contribution < 1.29 is 22.8 Å². The number of hydrogen-bond donors (Lipinski definition) is 1. The van der Waals surface area contributed by atoms with Crippen LogP contribution in [0.3, 0.4) is 0 Å². The van der Waals surface area contributed by atoms with Crippen LogP contribution in [0.5, 0.6) is 0 Å². The fourth-order valence-corrected chi connectivity index (χ4v) is 4.22. The van der Waals surface area contributed by atoms with E-state index in [1.165, 1.54) is 30.1 Å². The Morgan fingerprint density at radius 1 is 1.23 bits per heavy atom. The Morgan fingerprint density at radius 2 is 1.97 bits per heavy atom. The summed E-state index contributed by atoms with van der Waals surface area (Å²) in [5.41, 5.74) is 0.799. The highest BCUT2D eigenvalue weighted by Crippen LogP contribution is 2.38. The van der Waals surface area contributed by atoms with Crippen molar-refractivity contribution in [3.63, 3.8) is 0 Å². The average Bonchev–Trinajstić information content (AvgIpc) is 3.07. The summed E-state index contributed by atoms with van der Waals surface area (Å²) in [6.07, 6.45) is -3.57. The maximum atomic E-state index is 13.5. The molecule has 154 valence electrons. The predicted octanol–water partition coefficient (Wildman–Crippen LogP) is 4.22. The Labute approximate surface area is 177 Å². The van der Waals surface area contributed by atoms with Crippen molar-refractivity contribution in [3.8, 4) is 0 Å². The molecule has 3 aromatic rings. The number of thioether (sulfide) groups is 1. The van der Waals surface area contributed by atoms with E-state index >= 15 is 0 Å². The first-order chi connectivity index (χ1) is 14.2. The van der Waals surface area contributed by atoms with Crippen LogP contribution >= 0.6 is 23.4 Å². The van der Waals surface area contributed by atoms with E-state index in [1.807, 2.05) is 0 Å². The lowest BCUT2D eigenvalue weighted by Crippen LogP contribution is -2.45. The molecule has 1 N–H and O–H groups in total. The number of nitrogens with zero attached hydrogens (tertiary/aromatic N) is 3. The smallest absolute Gasteiger partial charge is 0.272 e. The molecule has 4 rings (SSSR count). The topological polar surface area (TPSA) is 75.2 Å². The summed E-state index contributed by atoms with van der Waals surface area (Å²) in [5, 5.41) is 1.20. The van der Waals surface area contributed by atoms with Gasteiger partial charge in [-0.05, 0) is 35.9 Å². The van der Waals surface area contributed by atoms with Crippen LogP contribution in [0.25, 0.3) is 11.0 Å². The second-order valence-corrected chi connectivity index (χ2v) is 7.86. The van der Waals surface area contributed by atoms with E-state index in [-0.39, 0.29) is 16.8 Å². The number of benzene rings is 1. The lowest BCUT2D eigenvalue weighted by molar-refractivity contribution is -0.141. The summed E-state index contributed by atoms with van der Waals surface area (Å²) in [4.78, 5) is 32.4. The van der Waals surface area contributed by atoms with Crippen molar-refractivity contribution in [3.05, 3.63) is 70.5 Å². The first-order valence-electron chi connectivity index (χ1n) is 8.57. The normalized spacial score (nSPS) is 16.9. The van der Waals surface area contributed by atoms with Gasteiger partial charge in [0.1, 0.15) is 5.37 Å². The van der Waals surface area contributed by atoms with Gasteiger partial charge in [-0.1, -0.05) is 23.7 Å². The molecule has 2 amide bonds. The van der Waals surface area contributed by atoms with Gasteiger partial charge in [-0.3, -0.25) is 15.0 Å². The molecule has 1 aliphatic rings. The second-order valence-electron chi connectivity index (χ2n) is 6.35. The molecule has 11 heteroatoms. The number of amides is 2. The Kier molecular flexibility index (Phi) is 5.29. The minimum Gasteiger partial charge on any atom is -0.272 e. The van der Waals surface area contributed by atoms with Gasteiger partial charge in [0.15, 0.2) is 11.3 Å². The number of rotatable bonds is 3. The van der Waals surface area contributed by atoms with Gasteiger partial charge in [0.2, 0.25) is 0 Å². The van der Waals surface area contributed by atoms with E-state index in [2.05, 4.69) is 15.4 Å². The van der Waals surface area contributed by atoms with Crippen LogP contribution in [0.2, 0.25) is 5.02 Å². The monoisotopic (exact) mass is 452 g/mol. The molecular weight excluding hydrogens is 441 g/mol. The van der Waals surface area contributed by atoms with Crippen LogP contribution in [-0.2, 0) is 11.0 Å². The molecule has 1 unspecified atom stereocenters. The van der Waals surface area contributed by atoms with E-state index in [0.29, 0.717) is 10.6 Å². The van der Waals surface area contributed by atoms with Gasteiger partial charge in [-0.25, -0.2) is 15.0 Å². The quantitative estimate of drug-likeness (QED) is 0.644.